The van der Waals surface area contributed by atoms with Crippen molar-refractivity contribution in [1.29, 1.82) is 0 Å². The Morgan fingerprint density at radius 3 is 2.40 bits per heavy atom. The molecule has 0 atom stereocenters. The van der Waals surface area contributed by atoms with Gasteiger partial charge in [0.25, 0.3) is 0 Å². The maximum Gasteiger partial charge on any atom is 0.315 e. The number of nitrogens with zero attached hydrogens (tertiary/aromatic N) is 1. The molecule has 0 aromatic heterocycles. The molecule has 0 heterocycles. The maximum atomic E-state index is 11.8. The van der Waals surface area contributed by atoms with E-state index < -0.39 is 0 Å². The van der Waals surface area contributed by atoms with Gasteiger partial charge in [0, 0.05) is 18.6 Å². The number of nitrogens with one attached hydrogen (secondary N) is 2. The smallest absolute Gasteiger partial charge is 0.315 e. The van der Waals surface area contributed by atoms with Crippen molar-refractivity contribution < 1.29 is 4.79 Å². The normalized spacial score (nSPS) is 17.2. The summed E-state index contributed by atoms with van der Waals surface area (Å²) in [5, 5.41) is 6.10. The molecule has 1 aliphatic carbocycles. The standard InChI is InChI=1S/C16H33N3O/c1-14(2)19(3)13-9-8-12-17-16(20)18-15-10-6-4-5-7-11-15/h14-15H,4-13H2,1-3H3,(H2,17,18,20). The fourth-order valence-electron chi connectivity index (χ4n) is 2.61. The van der Waals surface area contributed by atoms with Gasteiger partial charge in [-0.3, -0.25) is 0 Å². The van der Waals surface area contributed by atoms with E-state index in [1.54, 1.807) is 0 Å². The summed E-state index contributed by atoms with van der Waals surface area (Å²) >= 11 is 0. The van der Waals surface area contributed by atoms with Crippen LogP contribution in [0, 0.1) is 0 Å². The molecule has 0 spiro atoms. The number of hydrogen-bond acceptors (Lipinski definition) is 2. The zero-order valence-corrected chi connectivity index (χ0v) is 13.6. The summed E-state index contributed by atoms with van der Waals surface area (Å²) in [6.45, 7) is 6.30. The van der Waals surface area contributed by atoms with Gasteiger partial charge in [-0.15, -0.1) is 0 Å². The molecule has 0 aliphatic heterocycles. The van der Waals surface area contributed by atoms with E-state index >= 15 is 0 Å². The number of carbonyl (C=O) groups is 1. The molecule has 0 aromatic carbocycles. The summed E-state index contributed by atoms with van der Waals surface area (Å²) in [7, 11) is 2.15. The summed E-state index contributed by atoms with van der Waals surface area (Å²) < 4.78 is 0. The summed E-state index contributed by atoms with van der Waals surface area (Å²) in [6.07, 6.45) is 9.64. The molecule has 1 fully saturated rings. The Labute approximate surface area is 124 Å². The minimum Gasteiger partial charge on any atom is -0.338 e. The van der Waals surface area contributed by atoms with E-state index in [0.717, 1.165) is 38.8 Å². The highest BCUT2D eigenvalue weighted by Gasteiger charge is 2.14. The van der Waals surface area contributed by atoms with E-state index in [-0.39, 0.29) is 6.03 Å². The zero-order chi connectivity index (χ0) is 14.8. The fourth-order valence-corrected chi connectivity index (χ4v) is 2.61. The van der Waals surface area contributed by atoms with Crippen molar-refractivity contribution in [1.82, 2.24) is 15.5 Å². The van der Waals surface area contributed by atoms with Crippen molar-refractivity contribution in [3.05, 3.63) is 0 Å². The lowest BCUT2D eigenvalue weighted by Crippen LogP contribution is -2.42. The fraction of sp³-hybridized carbons (Fsp3) is 0.938. The first-order chi connectivity index (χ1) is 9.59. The van der Waals surface area contributed by atoms with Crippen LogP contribution in [0.3, 0.4) is 0 Å². The van der Waals surface area contributed by atoms with Gasteiger partial charge in [0.1, 0.15) is 0 Å². The summed E-state index contributed by atoms with van der Waals surface area (Å²) in [5.41, 5.74) is 0. The van der Waals surface area contributed by atoms with Crippen LogP contribution in [-0.4, -0.2) is 43.2 Å². The molecular formula is C16H33N3O. The molecule has 2 N–H and O–H groups in total. The van der Waals surface area contributed by atoms with Gasteiger partial charge in [-0.25, -0.2) is 4.79 Å². The summed E-state index contributed by atoms with van der Waals surface area (Å²) in [5.74, 6) is 0. The molecule has 0 radical (unpaired) electrons. The quantitative estimate of drug-likeness (QED) is 0.557. The Bertz CT molecular complexity index is 260. The highest BCUT2D eigenvalue weighted by atomic mass is 16.2. The van der Waals surface area contributed by atoms with Crippen LogP contribution in [0.4, 0.5) is 4.79 Å². The van der Waals surface area contributed by atoms with Gasteiger partial charge < -0.3 is 15.5 Å². The van der Waals surface area contributed by atoms with Crippen LogP contribution in [0.2, 0.25) is 0 Å². The molecule has 20 heavy (non-hydrogen) atoms. The number of rotatable bonds is 7. The van der Waals surface area contributed by atoms with Crippen molar-refractivity contribution in [2.75, 3.05) is 20.1 Å². The average molecular weight is 283 g/mol. The monoisotopic (exact) mass is 283 g/mol. The Morgan fingerprint density at radius 1 is 1.15 bits per heavy atom. The molecule has 0 aromatic rings. The minimum atomic E-state index is 0.0223. The predicted octanol–water partition coefficient (Wildman–Crippen LogP) is 3.13. The molecule has 0 bridgehead atoms. The van der Waals surface area contributed by atoms with E-state index in [0.29, 0.717) is 12.1 Å². The van der Waals surface area contributed by atoms with Crippen LogP contribution in [0.25, 0.3) is 0 Å². The Morgan fingerprint density at radius 2 is 1.80 bits per heavy atom. The van der Waals surface area contributed by atoms with Gasteiger partial charge in [0.05, 0.1) is 0 Å². The molecule has 0 unspecified atom stereocenters. The van der Waals surface area contributed by atoms with E-state index in [4.69, 9.17) is 0 Å². The molecule has 1 aliphatic rings. The third-order valence-electron chi connectivity index (χ3n) is 4.30. The Balaban J connectivity index is 2.02. The van der Waals surface area contributed by atoms with E-state index in [1.807, 2.05) is 0 Å². The Hall–Kier alpha value is -0.770. The molecule has 4 heteroatoms. The van der Waals surface area contributed by atoms with Crippen LogP contribution in [-0.2, 0) is 0 Å². The SMILES string of the molecule is CC(C)N(C)CCCCNC(=O)NC1CCCCCC1. The van der Waals surface area contributed by atoms with Crippen LogP contribution in [0.5, 0.6) is 0 Å². The third kappa shape index (κ3) is 7.73. The lowest BCUT2D eigenvalue weighted by atomic mass is 10.1. The minimum absolute atomic E-state index is 0.0223. The van der Waals surface area contributed by atoms with Gasteiger partial charge in [0.2, 0.25) is 0 Å². The maximum absolute atomic E-state index is 11.8. The first-order valence-corrected chi connectivity index (χ1v) is 8.34. The number of amides is 2. The molecule has 118 valence electrons. The summed E-state index contributed by atoms with van der Waals surface area (Å²) in [6, 6.07) is 1.01. The lowest BCUT2D eigenvalue weighted by Gasteiger charge is -2.20. The average Bonchev–Trinajstić information content (AvgIpc) is 2.66. The molecule has 1 saturated carbocycles. The molecule has 2 amide bonds. The van der Waals surface area contributed by atoms with Gasteiger partial charge in [-0.1, -0.05) is 25.7 Å². The van der Waals surface area contributed by atoms with Crippen LogP contribution >= 0.6 is 0 Å². The first-order valence-electron chi connectivity index (χ1n) is 8.34. The van der Waals surface area contributed by atoms with Gasteiger partial charge >= 0.3 is 6.03 Å². The van der Waals surface area contributed by atoms with E-state index in [9.17, 15) is 4.79 Å². The van der Waals surface area contributed by atoms with Crippen molar-refractivity contribution in [3.63, 3.8) is 0 Å². The molecular weight excluding hydrogens is 250 g/mol. The number of urea groups is 1. The van der Waals surface area contributed by atoms with Crippen molar-refractivity contribution in [2.45, 2.75) is 77.3 Å². The second-order valence-electron chi connectivity index (χ2n) is 6.37. The number of hydrogen-bond donors (Lipinski definition) is 2. The van der Waals surface area contributed by atoms with Gasteiger partial charge in [-0.2, -0.15) is 0 Å². The zero-order valence-electron chi connectivity index (χ0n) is 13.6. The highest BCUT2D eigenvalue weighted by molar-refractivity contribution is 5.74. The predicted molar refractivity (Wildman–Crippen MR) is 85.0 cm³/mol. The second kappa shape index (κ2) is 10.0. The van der Waals surface area contributed by atoms with Crippen LogP contribution < -0.4 is 10.6 Å². The second-order valence-corrected chi connectivity index (χ2v) is 6.37. The topological polar surface area (TPSA) is 44.4 Å². The first kappa shape index (κ1) is 17.3. The van der Waals surface area contributed by atoms with Crippen molar-refractivity contribution in [3.8, 4) is 0 Å². The highest BCUT2D eigenvalue weighted by Crippen LogP contribution is 2.16. The third-order valence-corrected chi connectivity index (χ3v) is 4.30. The van der Waals surface area contributed by atoms with Crippen LogP contribution in [0.15, 0.2) is 0 Å². The van der Waals surface area contributed by atoms with Gasteiger partial charge in [-0.05, 0) is 53.1 Å². The molecule has 0 saturated heterocycles. The summed E-state index contributed by atoms with van der Waals surface area (Å²) in [4.78, 5) is 14.1. The number of unbranched alkanes of at least 4 members (excludes halogenated alkanes) is 1. The lowest BCUT2D eigenvalue weighted by molar-refractivity contribution is 0.234. The largest absolute Gasteiger partial charge is 0.338 e. The molecule has 4 nitrogen and oxygen atoms in total. The van der Waals surface area contributed by atoms with Gasteiger partial charge in [0.15, 0.2) is 0 Å². The van der Waals surface area contributed by atoms with E-state index in [1.165, 1.54) is 25.7 Å². The Kier molecular flexibility index (Phi) is 8.67. The number of carbonyl (C=O) groups excluding carboxylic acids is 1. The van der Waals surface area contributed by atoms with Crippen molar-refractivity contribution in [2.24, 2.45) is 0 Å². The van der Waals surface area contributed by atoms with E-state index in [2.05, 4.69) is 36.4 Å². The molecule has 1 rings (SSSR count). The van der Waals surface area contributed by atoms with Crippen LogP contribution in [0.1, 0.15) is 65.2 Å². The van der Waals surface area contributed by atoms with Crippen molar-refractivity contribution >= 4 is 6.03 Å².